The van der Waals surface area contributed by atoms with E-state index in [4.69, 9.17) is 16.3 Å². The molecule has 1 saturated carbocycles. The first-order chi connectivity index (χ1) is 22.2. The first-order valence-corrected chi connectivity index (χ1v) is 19.4. The number of sulfonamides is 1. The van der Waals surface area contributed by atoms with Crippen molar-refractivity contribution in [3.63, 3.8) is 0 Å². The van der Waals surface area contributed by atoms with Crippen molar-refractivity contribution in [2.24, 2.45) is 11.8 Å². The van der Waals surface area contributed by atoms with Crippen LogP contribution >= 0.6 is 11.6 Å². The molecule has 13 heteroatoms. The molecule has 8 nitrogen and oxygen atoms in total. The Balaban J connectivity index is 1.32. The van der Waals surface area contributed by atoms with Gasteiger partial charge in [0.25, 0.3) is 0 Å². The molecule has 1 amide bonds. The van der Waals surface area contributed by atoms with Crippen LogP contribution in [-0.2, 0) is 19.6 Å². The predicted octanol–water partition coefficient (Wildman–Crippen LogP) is 5.76. The quantitative estimate of drug-likeness (QED) is 0.240. The Morgan fingerprint density at radius 1 is 1.13 bits per heavy atom. The number of nitrogens with zero attached hydrogens (tertiary/aromatic N) is 1. The van der Waals surface area contributed by atoms with Gasteiger partial charge in [-0.1, -0.05) is 30.2 Å². The minimum Gasteiger partial charge on any atom is -0.376 e. The second kappa shape index (κ2) is 15.6. The minimum atomic E-state index is -4.27. The Morgan fingerprint density at radius 2 is 1.89 bits per heavy atom. The third-order valence-electron chi connectivity index (χ3n) is 10.8. The third-order valence-corrected chi connectivity index (χ3v) is 13.0. The Kier molecular flexibility index (Phi) is 12.2. The molecule has 5 rings (SSSR count). The highest BCUT2D eigenvalue weighted by Gasteiger charge is 2.43. The van der Waals surface area contributed by atoms with Crippen molar-refractivity contribution < 1.29 is 31.1 Å². The van der Waals surface area contributed by atoms with Gasteiger partial charge in [-0.15, -0.1) is 0 Å². The van der Waals surface area contributed by atoms with Crippen LogP contribution in [-0.4, -0.2) is 86.6 Å². The highest BCUT2D eigenvalue weighted by molar-refractivity contribution is 7.89. The highest BCUT2D eigenvalue weighted by Crippen LogP contribution is 2.41. The van der Waals surface area contributed by atoms with Gasteiger partial charge in [-0.3, -0.25) is 4.79 Å². The standard InChI is InChI=1S/C34H52ClF3N4O4S/c1-33(2)20-25(15-18-46-33)30(24-9-12-26(35)13-10-24)31(39-17-5-16-34(36,37)38)32(43)41-29-8-3-6-23(29)11-14-28-21-40-27-7-4-19-47(44,45)42(28)22-27/h9-10,12-13,23,25,27-31,39-40H,3-8,11,14-22H2,1-2H3,(H,41,43)/t23-,25?,27+,28+,29+,30+,31+/m1/s1. The molecular formula is C34H52ClF3N4O4S. The first kappa shape index (κ1) is 36.8. The fourth-order valence-corrected chi connectivity index (χ4v) is 10.4. The lowest BCUT2D eigenvalue weighted by molar-refractivity contribution is -0.135. The van der Waals surface area contributed by atoms with Crippen LogP contribution in [0.25, 0.3) is 0 Å². The van der Waals surface area contributed by atoms with Crippen LogP contribution < -0.4 is 16.0 Å². The molecule has 4 fully saturated rings. The van der Waals surface area contributed by atoms with Crippen LogP contribution in [0.4, 0.5) is 13.2 Å². The number of halogens is 4. The largest absolute Gasteiger partial charge is 0.389 e. The fourth-order valence-electron chi connectivity index (χ4n) is 8.43. The smallest absolute Gasteiger partial charge is 0.376 e. The van der Waals surface area contributed by atoms with Gasteiger partial charge >= 0.3 is 6.18 Å². The number of benzene rings is 1. The number of fused-ring (bicyclic) bond motifs is 2. The second-order valence-electron chi connectivity index (χ2n) is 14.8. The molecule has 1 aromatic carbocycles. The Morgan fingerprint density at radius 3 is 2.62 bits per heavy atom. The molecule has 1 aromatic rings. The lowest BCUT2D eigenvalue weighted by Crippen LogP contribution is -2.57. The van der Waals surface area contributed by atoms with Crippen LogP contribution in [0.3, 0.4) is 0 Å². The number of carbonyl (C=O) groups is 1. The zero-order chi connectivity index (χ0) is 33.8. The molecule has 1 aliphatic carbocycles. The van der Waals surface area contributed by atoms with Crippen molar-refractivity contribution in [3.05, 3.63) is 34.9 Å². The first-order valence-electron chi connectivity index (χ1n) is 17.4. The van der Waals surface area contributed by atoms with Crippen LogP contribution in [0.2, 0.25) is 5.02 Å². The van der Waals surface area contributed by atoms with Crippen molar-refractivity contribution in [1.82, 2.24) is 20.3 Å². The van der Waals surface area contributed by atoms with Crippen LogP contribution in [0.1, 0.15) is 96.0 Å². The lowest BCUT2D eigenvalue weighted by atomic mass is 9.73. The van der Waals surface area contributed by atoms with Crippen molar-refractivity contribution in [3.8, 4) is 0 Å². The number of carbonyl (C=O) groups excluding carboxylic acids is 1. The van der Waals surface area contributed by atoms with Crippen molar-refractivity contribution >= 4 is 27.5 Å². The normalized spacial score (nSPS) is 31.9. The van der Waals surface area contributed by atoms with E-state index >= 15 is 0 Å². The van der Waals surface area contributed by atoms with Crippen molar-refractivity contribution in [2.75, 3.05) is 32.0 Å². The summed E-state index contributed by atoms with van der Waals surface area (Å²) >= 11 is 6.24. The predicted molar refractivity (Wildman–Crippen MR) is 178 cm³/mol. The van der Waals surface area contributed by atoms with Gasteiger partial charge in [-0.2, -0.15) is 17.5 Å². The zero-order valence-corrected chi connectivity index (χ0v) is 29.2. The van der Waals surface area contributed by atoms with Gasteiger partial charge in [0.15, 0.2) is 0 Å². The molecule has 3 aliphatic heterocycles. The lowest BCUT2D eigenvalue weighted by Gasteiger charge is -2.42. The molecule has 266 valence electrons. The van der Waals surface area contributed by atoms with Gasteiger partial charge in [0.2, 0.25) is 15.9 Å². The highest BCUT2D eigenvalue weighted by atomic mass is 35.5. The van der Waals surface area contributed by atoms with Gasteiger partial charge in [0.1, 0.15) is 0 Å². The van der Waals surface area contributed by atoms with Gasteiger partial charge in [-0.05, 0) is 108 Å². The third kappa shape index (κ3) is 10.1. The van der Waals surface area contributed by atoms with E-state index in [2.05, 4.69) is 16.0 Å². The summed E-state index contributed by atoms with van der Waals surface area (Å²) in [7, 11) is -3.28. The van der Waals surface area contributed by atoms with Crippen molar-refractivity contribution in [1.29, 1.82) is 0 Å². The summed E-state index contributed by atoms with van der Waals surface area (Å²) in [6, 6.07) is 6.73. The zero-order valence-electron chi connectivity index (χ0n) is 27.7. The van der Waals surface area contributed by atoms with Crippen LogP contribution in [0.5, 0.6) is 0 Å². The van der Waals surface area contributed by atoms with E-state index in [-0.39, 0.29) is 60.5 Å². The maximum atomic E-state index is 14.3. The molecule has 3 N–H and O–H groups in total. The molecule has 3 saturated heterocycles. The average molecular weight is 705 g/mol. The number of hydrogen-bond donors (Lipinski definition) is 3. The maximum absolute atomic E-state index is 14.3. The number of amides is 1. The molecule has 47 heavy (non-hydrogen) atoms. The van der Waals surface area contributed by atoms with E-state index < -0.39 is 34.3 Å². The van der Waals surface area contributed by atoms with E-state index in [1.165, 1.54) is 0 Å². The summed E-state index contributed by atoms with van der Waals surface area (Å²) in [5.74, 6) is -0.0389. The van der Waals surface area contributed by atoms with E-state index in [1.807, 2.05) is 26.0 Å². The Labute approximate surface area is 283 Å². The molecule has 0 radical (unpaired) electrons. The topological polar surface area (TPSA) is 99.8 Å². The van der Waals surface area contributed by atoms with Crippen molar-refractivity contribution in [2.45, 2.75) is 126 Å². The summed E-state index contributed by atoms with van der Waals surface area (Å²) in [5, 5.41) is 10.7. The maximum Gasteiger partial charge on any atom is 0.389 e. The summed E-state index contributed by atoms with van der Waals surface area (Å²) in [6.07, 6.45) is 1.91. The summed E-state index contributed by atoms with van der Waals surface area (Å²) in [5.41, 5.74) is 0.529. The summed E-state index contributed by atoms with van der Waals surface area (Å²) in [4.78, 5) is 14.3. The van der Waals surface area contributed by atoms with E-state index in [1.54, 1.807) is 16.4 Å². The van der Waals surface area contributed by atoms with Crippen LogP contribution in [0, 0.1) is 11.8 Å². The fraction of sp³-hybridized carbons (Fsp3) is 0.794. The minimum absolute atomic E-state index is 0.0579. The number of piperazine rings is 1. The monoisotopic (exact) mass is 704 g/mol. The van der Waals surface area contributed by atoms with E-state index in [0.717, 1.165) is 50.5 Å². The Hall–Kier alpha value is -1.44. The molecule has 0 spiro atoms. The molecule has 8 atom stereocenters. The second-order valence-corrected chi connectivity index (χ2v) is 17.2. The molecule has 2 unspecified atom stereocenters. The van der Waals surface area contributed by atoms with Gasteiger partial charge < -0.3 is 20.7 Å². The number of ether oxygens (including phenoxy) is 1. The Bertz CT molecular complexity index is 1300. The molecule has 2 bridgehead atoms. The summed E-state index contributed by atoms with van der Waals surface area (Å²) in [6.45, 7) is 5.83. The molecule has 0 aromatic heterocycles. The van der Waals surface area contributed by atoms with E-state index in [9.17, 15) is 26.4 Å². The average Bonchev–Trinajstić information content (AvgIpc) is 3.39. The van der Waals surface area contributed by atoms with Gasteiger partial charge in [0, 0.05) is 55.2 Å². The van der Waals surface area contributed by atoms with Gasteiger partial charge in [-0.25, -0.2) is 8.42 Å². The number of alkyl halides is 3. The molecule has 4 aliphatic rings. The number of hydrogen-bond acceptors (Lipinski definition) is 6. The van der Waals surface area contributed by atoms with Crippen LogP contribution in [0.15, 0.2) is 24.3 Å². The molecule has 3 heterocycles. The number of nitrogens with one attached hydrogen (secondary N) is 3. The van der Waals surface area contributed by atoms with E-state index in [0.29, 0.717) is 37.6 Å². The summed E-state index contributed by atoms with van der Waals surface area (Å²) < 4.78 is 72.9. The van der Waals surface area contributed by atoms with Gasteiger partial charge in [0.05, 0.1) is 17.4 Å². The number of rotatable bonds is 12. The SMILES string of the molecule is CC1(C)CC([C@H](c2ccc(Cl)cc2)[C@H](NCCCC(F)(F)F)C(=O)N[C@H]2CCC[C@@H]2CC[C@H]2CN[C@H]3CCCS(=O)(=O)N2C3)CCO1. The molecular weight excluding hydrogens is 653 g/mol.